The molecule has 3 rings (SSSR count). The summed E-state index contributed by atoms with van der Waals surface area (Å²) in [5.74, 6) is 0. The minimum Gasteiger partial charge on any atom is -0.306 e. The highest BCUT2D eigenvalue weighted by Gasteiger charge is 2.20. The van der Waals surface area contributed by atoms with Crippen molar-refractivity contribution in [1.29, 1.82) is 0 Å². The van der Waals surface area contributed by atoms with Crippen molar-refractivity contribution in [3.63, 3.8) is 0 Å². The molecule has 2 aromatic rings. The van der Waals surface area contributed by atoms with E-state index in [2.05, 4.69) is 60.1 Å². The zero-order valence-corrected chi connectivity index (χ0v) is 11.3. The molecule has 2 aromatic carbocycles. The minimum atomic E-state index is 0.353. The first-order valence-corrected chi connectivity index (χ1v) is 7.56. The molecule has 0 amide bonds. The van der Waals surface area contributed by atoms with Crippen molar-refractivity contribution >= 4 is 11.8 Å². The first-order chi connectivity index (χ1) is 8.88. The lowest BCUT2D eigenvalue weighted by Crippen LogP contribution is -2.30. The molecule has 92 valence electrons. The van der Waals surface area contributed by atoms with Gasteiger partial charge in [0.15, 0.2) is 0 Å². The predicted molar refractivity (Wildman–Crippen MR) is 78.2 cm³/mol. The third-order valence-corrected chi connectivity index (χ3v) is 4.30. The maximum atomic E-state index is 3.62. The average molecular weight is 255 g/mol. The Morgan fingerprint density at radius 3 is 2.61 bits per heavy atom. The summed E-state index contributed by atoms with van der Waals surface area (Å²) in [6, 6.07) is 18.0. The van der Waals surface area contributed by atoms with Crippen LogP contribution in [0.1, 0.15) is 22.7 Å². The molecular formula is C16H17NS. The number of hydrogen-bond donors (Lipinski definition) is 1. The van der Waals surface area contributed by atoms with Crippen LogP contribution < -0.4 is 5.32 Å². The van der Waals surface area contributed by atoms with Gasteiger partial charge < -0.3 is 5.32 Å². The maximum Gasteiger partial charge on any atom is 0.0579 e. The largest absolute Gasteiger partial charge is 0.306 e. The van der Waals surface area contributed by atoms with E-state index in [0.717, 1.165) is 13.0 Å². The highest BCUT2D eigenvalue weighted by Crippen LogP contribution is 2.29. The van der Waals surface area contributed by atoms with Crippen LogP contribution in [0.2, 0.25) is 0 Å². The highest BCUT2D eigenvalue weighted by atomic mass is 32.2. The van der Waals surface area contributed by atoms with Gasteiger partial charge in [-0.25, -0.2) is 0 Å². The van der Waals surface area contributed by atoms with Gasteiger partial charge in [-0.2, -0.15) is 0 Å². The van der Waals surface area contributed by atoms with E-state index in [-0.39, 0.29) is 0 Å². The number of thioether (sulfide) groups is 1. The first kappa shape index (κ1) is 11.8. The lowest BCUT2D eigenvalue weighted by molar-refractivity contribution is 0.567. The highest BCUT2D eigenvalue weighted by molar-refractivity contribution is 7.98. The molecule has 1 atom stereocenters. The Morgan fingerprint density at radius 2 is 1.83 bits per heavy atom. The predicted octanol–water partition coefficient (Wildman–Crippen LogP) is 3.64. The normalized spacial score (nSPS) is 18.4. The Labute approximate surface area is 113 Å². The Kier molecular flexibility index (Phi) is 3.39. The molecule has 0 bridgehead atoms. The SMILES string of the molecule is CSc1ccc(C2NCCc3ccccc32)cc1. The second-order valence-electron chi connectivity index (χ2n) is 4.61. The van der Waals surface area contributed by atoms with E-state index in [9.17, 15) is 0 Å². The van der Waals surface area contributed by atoms with Gasteiger partial charge in [0.05, 0.1) is 6.04 Å². The van der Waals surface area contributed by atoms with Crippen LogP contribution in [0.3, 0.4) is 0 Å². The summed E-state index contributed by atoms with van der Waals surface area (Å²) in [5.41, 5.74) is 4.27. The van der Waals surface area contributed by atoms with E-state index in [1.807, 2.05) is 0 Å². The van der Waals surface area contributed by atoms with E-state index < -0.39 is 0 Å². The molecule has 0 radical (unpaired) electrons. The van der Waals surface area contributed by atoms with Gasteiger partial charge in [0.25, 0.3) is 0 Å². The number of rotatable bonds is 2. The third-order valence-electron chi connectivity index (χ3n) is 3.56. The molecule has 0 saturated carbocycles. The fourth-order valence-electron chi connectivity index (χ4n) is 2.60. The zero-order valence-electron chi connectivity index (χ0n) is 10.5. The van der Waals surface area contributed by atoms with E-state index in [0.29, 0.717) is 6.04 Å². The Hall–Kier alpha value is -1.25. The first-order valence-electron chi connectivity index (χ1n) is 6.33. The van der Waals surface area contributed by atoms with Gasteiger partial charge in [-0.05, 0) is 41.5 Å². The van der Waals surface area contributed by atoms with Crippen LogP contribution in [0.15, 0.2) is 53.4 Å². The van der Waals surface area contributed by atoms with Crippen LogP contribution in [0.25, 0.3) is 0 Å². The molecule has 1 aliphatic heterocycles. The molecule has 18 heavy (non-hydrogen) atoms. The quantitative estimate of drug-likeness (QED) is 0.822. The molecule has 0 fully saturated rings. The second kappa shape index (κ2) is 5.17. The maximum absolute atomic E-state index is 3.62. The van der Waals surface area contributed by atoms with E-state index >= 15 is 0 Å². The van der Waals surface area contributed by atoms with Crippen molar-refractivity contribution in [2.75, 3.05) is 12.8 Å². The Bertz CT molecular complexity index is 533. The molecule has 0 aromatic heterocycles. The summed E-state index contributed by atoms with van der Waals surface area (Å²) >= 11 is 1.79. The van der Waals surface area contributed by atoms with Crippen molar-refractivity contribution in [1.82, 2.24) is 5.32 Å². The molecule has 0 aliphatic carbocycles. The molecular weight excluding hydrogens is 238 g/mol. The summed E-state index contributed by atoms with van der Waals surface area (Å²) in [6.07, 6.45) is 3.25. The van der Waals surface area contributed by atoms with Crippen molar-refractivity contribution in [3.8, 4) is 0 Å². The molecule has 1 heterocycles. The average Bonchev–Trinajstić information content (AvgIpc) is 2.47. The number of nitrogens with one attached hydrogen (secondary N) is 1. The lowest BCUT2D eigenvalue weighted by Gasteiger charge is -2.27. The lowest BCUT2D eigenvalue weighted by atomic mass is 9.90. The summed E-state index contributed by atoms with van der Waals surface area (Å²) < 4.78 is 0. The fraction of sp³-hybridized carbons (Fsp3) is 0.250. The van der Waals surface area contributed by atoms with Gasteiger partial charge in [0, 0.05) is 11.4 Å². The van der Waals surface area contributed by atoms with Crippen molar-refractivity contribution < 1.29 is 0 Å². The van der Waals surface area contributed by atoms with Gasteiger partial charge in [0.2, 0.25) is 0 Å². The number of benzene rings is 2. The van der Waals surface area contributed by atoms with E-state index in [1.165, 1.54) is 21.6 Å². The third kappa shape index (κ3) is 2.18. The van der Waals surface area contributed by atoms with Crippen LogP contribution >= 0.6 is 11.8 Å². The second-order valence-corrected chi connectivity index (χ2v) is 5.49. The van der Waals surface area contributed by atoms with Gasteiger partial charge in [0.1, 0.15) is 0 Å². The topological polar surface area (TPSA) is 12.0 Å². The molecule has 1 nitrogen and oxygen atoms in total. The van der Waals surface area contributed by atoms with Crippen LogP contribution in [0.5, 0.6) is 0 Å². The van der Waals surface area contributed by atoms with E-state index in [4.69, 9.17) is 0 Å². The monoisotopic (exact) mass is 255 g/mol. The van der Waals surface area contributed by atoms with Crippen LogP contribution in [0, 0.1) is 0 Å². The Balaban J connectivity index is 1.97. The number of fused-ring (bicyclic) bond motifs is 1. The molecule has 1 N–H and O–H groups in total. The standard InChI is InChI=1S/C16H17NS/c1-18-14-8-6-13(7-9-14)16-15-5-3-2-4-12(15)10-11-17-16/h2-9,16-17H,10-11H2,1H3. The molecule has 1 unspecified atom stereocenters. The van der Waals surface area contributed by atoms with Gasteiger partial charge in [-0.15, -0.1) is 11.8 Å². The van der Waals surface area contributed by atoms with Crippen molar-refractivity contribution in [3.05, 3.63) is 65.2 Å². The number of hydrogen-bond acceptors (Lipinski definition) is 2. The minimum absolute atomic E-state index is 0.353. The van der Waals surface area contributed by atoms with Gasteiger partial charge in [-0.1, -0.05) is 36.4 Å². The molecule has 1 aliphatic rings. The molecule has 0 spiro atoms. The van der Waals surface area contributed by atoms with Crippen molar-refractivity contribution in [2.45, 2.75) is 17.4 Å². The van der Waals surface area contributed by atoms with Crippen LogP contribution in [-0.2, 0) is 6.42 Å². The molecule has 0 saturated heterocycles. The summed E-state index contributed by atoms with van der Waals surface area (Å²) in [5, 5.41) is 3.62. The fourth-order valence-corrected chi connectivity index (χ4v) is 3.01. The summed E-state index contributed by atoms with van der Waals surface area (Å²) in [7, 11) is 0. The van der Waals surface area contributed by atoms with Crippen LogP contribution in [-0.4, -0.2) is 12.8 Å². The van der Waals surface area contributed by atoms with Gasteiger partial charge >= 0.3 is 0 Å². The van der Waals surface area contributed by atoms with Gasteiger partial charge in [-0.3, -0.25) is 0 Å². The van der Waals surface area contributed by atoms with Crippen LogP contribution in [0.4, 0.5) is 0 Å². The smallest absolute Gasteiger partial charge is 0.0579 e. The molecule has 2 heteroatoms. The van der Waals surface area contributed by atoms with E-state index in [1.54, 1.807) is 11.8 Å². The summed E-state index contributed by atoms with van der Waals surface area (Å²) in [6.45, 7) is 1.06. The summed E-state index contributed by atoms with van der Waals surface area (Å²) in [4.78, 5) is 1.32. The van der Waals surface area contributed by atoms with Crippen molar-refractivity contribution in [2.24, 2.45) is 0 Å². The zero-order chi connectivity index (χ0) is 12.4. The Morgan fingerprint density at radius 1 is 1.06 bits per heavy atom.